The first-order valence-corrected chi connectivity index (χ1v) is 14.5. The van der Waals surface area contributed by atoms with Gasteiger partial charge < -0.3 is 0 Å². The third kappa shape index (κ3) is 4.85. The fourth-order valence-electron chi connectivity index (χ4n) is 1.78. The van der Waals surface area contributed by atoms with Gasteiger partial charge in [-0.2, -0.15) is 0 Å². The summed E-state index contributed by atoms with van der Waals surface area (Å²) in [6.07, 6.45) is 0. The second-order valence-corrected chi connectivity index (χ2v) is 11.5. The van der Waals surface area contributed by atoms with Crippen molar-refractivity contribution in [1.82, 2.24) is 0 Å². The third-order valence-corrected chi connectivity index (χ3v) is 9.68. The minimum absolute atomic E-state index is 1.21. The minimum atomic E-state index is 1.21. The molecule has 0 atom stereocenters. The third-order valence-electron chi connectivity index (χ3n) is 2.97. The van der Waals surface area contributed by atoms with Crippen LogP contribution in [0.1, 0.15) is 11.1 Å². The predicted octanol–water partition coefficient (Wildman–Crippen LogP) is -3.74. The Bertz CT molecular complexity index is 649. The summed E-state index contributed by atoms with van der Waals surface area (Å²) in [4.78, 5) is 0. The fourth-order valence-corrected chi connectivity index (χ4v) is 10.7. The van der Waals surface area contributed by atoms with E-state index in [1.165, 1.54) is 21.7 Å². The Labute approximate surface area is 199 Å². The van der Waals surface area contributed by atoms with Gasteiger partial charge in [0.05, 0.1) is 0 Å². The summed E-state index contributed by atoms with van der Waals surface area (Å²) in [7, 11) is 0. The Morgan fingerprint density at radius 1 is 0.750 bits per heavy atom. The first kappa shape index (κ1) is 19.5. The zero-order chi connectivity index (χ0) is 14.9. The maximum absolute atomic E-state index is 2.37. The SMILES string of the molecule is [TeH]Cc1cc2c([TeH])c-2c1[TeH].[TeH]Cc1ccc([TeH])cc1[TeH]. The van der Waals surface area contributed by atoms with Crippen molar-refractivity contribution in [2.75, 3.05) is 0 Å². The average molecular weight is 948 g/mol. The van der Waals surface area contributed by atoms with Crippen molar-refractivity contribution in [3.8, 4) is 11.1 Å². The van der Waals surface area contributed by atoms with Crippen LogP contribution in [0.4, 0.5) is 0 Å². The summed E-state index contributed by atoms with van der Waals surface area (Å²) in [5, 5.41) is 0. The van der Waals surface area contributed by atoms with Gasteiger partial charge in [0.15, 0.2) is 0 Å². The molecule has 1 aromatic rings. The quantitative estimate of drug-likeness (QED) is 0.232. The normalized spacial score (nSPS) is 10.9. The Balaban J connectivity index is 0.000000147. The van der Waals surface area contributed by atoms with Crippen molar-refractivity contribution in [2.45, 2.75) is 8.94 Å². The van der Waals surface area contributed by atoms with Crippen LogP contribution in [-0.4, -0.2) is 134 Å². The summed E-state index contributed by atoms with van der Waals surface area (Å²) < 4.78 is 8.58. The van der Waals surface area contributed by atoms with E-state index in [2.05, 4.69) is 24.3 Å². The topological polar surface area (TPSA) is 0 Å². The molecule has 6 heteroatoms. The van der Waals surface area contributed by atoms with E-state index in [9.17, 15) is 0 Å². The van der Waals surface area contributed by atoms with Crippen LogP contribution < -0.4 is 14.4 Å². The van der Waals surface area contributed by atoms with Crippen molar-refractivity contribution in [1.29, 1.82) is 0 Å². The van der Waals surface area contributed by atoms with Crippen molar-refractivity contribution < 1.29 is 0 Å². The van der Waals surface area contributed by atoms with E-state index in [0.717, 1.165) is 0 Å². The molecule has 0 saturated carbocycles. The Hall–Kier alpha value is 3.18. The molecular weight excluding hydrogens is 934 g/mol. The van der Waals surface area contributed by atoms with Gasteiger partial charge in [0.1, 0.15) is 0 Å². The molecule has 3 rings (SSSR count). The summed E-state index contributed by atoms with van der Waals surface area (Å²) in [5.41, 5.74) is 6.28. The number of benzene rings is 2. The second-order valence-electron chi connectivity index (χ2n) is 4.28. The van der Waals surface area contributed by atoms with Gasteiger partial charge in [-0.3, -0.25) is 0 Å². The van der Waals surface area contributed by atoms with E-state index in [-0.39, 0.29) is 0 Å². The van der Waals surface area contributed by atoms with Gasteiger partial charge in [0.2, 0.25) is 0 Å². The number of hydrogen-bond acceptors (Lipinski definition) is 0. The van der Waals surface area contributed by atoms with Crippen molar-refractivity contribution >= 4 is 148 Å². The van der Waals surface area contributed by atoms with Crippen LogP contribution in [0.2, 0.25) is 0 Å². The van der Waals surface area contributed by atoms with Crippen LogP contribution >= 0.6 is 0 Å². The molecule has 20 heavy (non-hydrogen) atoms. The van der Waals surface area contributed by atoms with Crippen LogP contribution in [0.15, 0.2) is 24.3 Å². The molecule has 0 N–H and O–H groups in total. The van der Waals surface area contributed by atoms with Gasteiger partial charge in [-0.25, -0.2) is 0 Å². The summed E-state index contributed by atoms with van der Waals surface area (Å²) >= 11 is 11.2. The molecule has 0 saturated heterocycles. The van der Waals surface area contributed by atoms with E-state index < -0.39 is 0 Å². The second kappa shape index (κ2) is 9.04. The Kier molecular flexibility index (Phi) is 8.81. The average Bonchev–Trinajstić information content (AvgIpc) is 2.91. The molecule has 0 spiro atoms. The number of rotatable bonds is 2. The van der Waals surface area contributed by atoms with Crippen LogP contribution in [0.5, 0.6) is 0 Å². The zero-order valence-electron chi connectivity index (χ0n) is 10.4. The molecule has 0 aromatic heterocycles. The molecule has 0 bridgehead atoms. The summed E-state index contributed by atoms with van der Waals surface area (Å²) in [6, 6.07) is 9.12. The molecule has 0 fully saturated rings. The first-order valence-electron chi connectivity index (χ1n) is 5.80. The molecule has 2 aliphatic rings. The Morgan fingerprint density at radius 2 is 1.40 bits per heavy atom. The number of hydrogen-bond donors (Lipinski definition) is 0. The molecule has 0 unspecified atom stereocenters. The van der Waals surface area contributed by atoms with Crippen molar-refractivity contribution in [3.63, 3.8) is 0 Å². The van der Waals surface area contributed by atoms with Crippen LogP contribution in [0.25, 0.3) is 11.1 Å². The first-order chi connectivity index (χ1) is 9.49. The van der Waals surface area contributed by atoms with E-state index in [0.29, 0.717) is 0 Å². The monoisotopic (exact) mass is 962 g/mol. The molecule has 0 aliphatic heterocycles. The van der Waals surface area contributed by atoms with Gasteiger partial charge in [0.25, 0.3) is 0 Å². The molecule has 1 aromatic carbocycles. The van der Waals surface area contributed by atoms with E-state index >= 15 is 0 Å². The van der Waals surface area contributed by atoms with Gasteiger partial charge in [-0.05, 0) is 0 Å². The van der Waals surface area contributed by atoms with Gasteiger partial charge >= 0.3 is 204 Å². The molecule has 0 amide bonds. The van der Waals surface area contributed by atoms with Gasteiger partial charge in [-0.15, -0.1) is 0 Å². The van der Waals surface area contributed by atoms with Crippen LogP contribution in [0, 0.1) is 0 Å². The van der Waals surface area contributed by atoms with E-state index in [4.69, 9.17) is 0 Å². The Morgan fingerprint density at radius 3 is 1.85 bits per heavy atom. The molecule has 0 heterocycles. The maximum atomic E-state index is 2.37. The van der Waals surface area contributed by atoms with Crippen LogP contribution in [-0.2, 0) is 8.94 Å². The predicted molar refractivity (Wildman–Crippen MR) is 101 cm³/mol. The zero-order valence-corrected chi connectivity index (χ0v) is 25.7. The van der Waals surface area contributed by atoms with Crippen molar-refractivity contribution in [2.24, 2.45) is 0 Å². The van der Waals surface area contributed by atoms with Gasteiger partial charge in [-0.1, -0.05) is 0 Å². The van der Waals surface area contributed by atoms with E-state index in [1.54, 1.807) is 46.2 Å². The van der Waals surface area contributed by atoms with E-state index in [1.807, 2.05) is 111 Å². The summed E-state index contributed by atoms with van der Waals surface area (Å²) in [6.45, 7) is 0. The number of fused-ring (bicyclic) bond motifs is 1. The van der Waals surface area contributed by atoms with Crippen molar-refractivity contribution in [3.05, 3.63) is 35.4 Å². The molecule has 2 aliphatic carbocycles. The molecule has 0 radical (unpaired) electrons. The molecule has 0 nitrogen and oxygen atoms in total. The molecule has 106 valence electrons. The summed E-state index contributed by atoms with van der Waals surface area (Å²) in [5.74, 6) is 0. The van der Waals surface area contributed by atoms with Gasteiger partial charge in [0, 0.05) is 0 Å². The standard InChI is InChI=1S/C7H6Te3.C7H8Te3/c8-2-3-1-4-5(6(3)9)7(4)10;8-4-5-1-2-6(9)3-7(5)10/h1,8-10H,2H2;1-3,8-10H,4H2. The molecular formula is C14H14Te6. The fraction of sp³-hybridized carbons (Fsp3) is 0.143. The van der Waals surface area contributed by atoms with Crippen LogP contribution in [0.3, 0.4) is 0 Å².